The van der Waals surface area contributed by atoms with Crippen molar-refractivity contribution in [2.45, 2.75) is 20.3 Å². The molecule has 0 aliphatic heterocycles. The van der Waals surface area contributed by atoms with Crippen molar-refractivity contribution >= 4 is 33.3 Å². The highest BCUT2D eigenvalue weighted by Crippen LogP contribution is 2.20. The largest absolute Gasteiger partial charge is 0.369 e. The minimum absolute atomic E-state index is 0.175. The number of amides is 1. The summed E-state index contributed by atoms with van der Waals surface area (Å²) in [6, 6.07) is 9.47. The number of hydrogen-bond donors (Lipinski definition) is 2. The quantitative estimate of drug-likeness (QED) is 0.850. The first kappa shape index (κ1) is 15.5. The van der Waals surface area contributed by atoms with Crippen LogP contribution in [0.1, 0.15) is 29.3 Å². The summed E-state index contributed by atoms with van der Waals surface area (Å²) in [6.07, 6.45) is 2.65. The molecule has 0 saturated heterocycles. The van der Waals surface area contributed by atoms with Gasteiger partial charge in [0.15, 0.2) is 0 Å². The number of carbonyl (C=O) groups is 1. The standard InChI is InChI=1S/C16H18BrN3O/c1-3-8-18-15-14(9-12(17)10-19-15)16(21)20-13-6-4-11(2)5-7-13/h4-7,9-10H,3,8H2,1-2H3,(H,18,19)(H,20,21). The first-order valence-electron chi connectivity index (χ1n) is 6.87. The molecule has 0 saturated carbocycles. The summed E-state index contributed by atoms with van der Waals surface area (Å²) < 4.78 is 0.776. The highest BCUT2D eigenvalue weighted by atomic mass is 79.9. The summed E-state index contributed by atoms with van der Waals surface area (Å²) in [6.45, 7) is 4.86. The zero-order valence-corrected chi connectivity index (χ0v) is 13.7. The van der Waals surface area contributed by atoms with E-state index in [0.717, 1.165) is 28.7 Å². The number of pyridine rings is 1. The fourth-order valence-corrected chi connectivity index (χ4v) is 2.16. The third-order valence-electron chi connectivity index (χ3n) is 2.95. The summed E-state index contributed by atoms with van der Waals surface area (Å²) in [4.78, 5) is 16.7. The Morgan fingerprint density at radius 3 is 2.67 bits per heavy atom. The van der Waals surface area contributed by atoms with E-state index in [9.17, 15) is 4.79 Å². The van der Waals surface area contributed by atoms with Gasteiger partial charge in [0, 0.05) is 22.9 Å². The van der Waals surface area contributed by atoms with E-state index in [0.29, 0.717) is 11.4 Å². The summed E-state index contributed by atoms with van der Waals surface area (Å²) in [5.41, 5.74) is 2.45. The van der Waals surface area contributed by atoms with Crippen molar-refractivity contribution in [3.8, 4) is 0 Å². The Balaban J connectivity index is 2.20. The molecule has 1 amide bonds. The van der Waals surface area contributed by atoms with Crippen molar-refractivity contribution in [3.05, 3.63) is 52.1 Å². The van der Waals surface area contributed by atoms with E-state index in [1.54, 1.807) is 12.3 Å². The lowest BCUT2D eigenvalue weighted by Crippen LogP contribution is -2.16. The second-order valence-corrected chi connectivity index (χ2v) is 5.71. The lowest BCUT2D eigenvalue weighted by Gasteiger charge is -2.11. The number of anilines is 2. The molecule has 0 atom stereocenters. The molecule has 1 aromatic carbocycles. The molecular weight excluding hydrogens is 330 g/mol. The van der Waals surface area contributed by atoms with Crippen LogP contribution in [0.25, 0.3) is 0 Å². The van der Waals surface area contributed by atoms with Crippen molar-refractivity contribution in [3.63, 3.8) is 0 Å². The molecule has 0 aliphatic rings. The Morgan fingerprint density at radius 1 is 1.29 bits per heavy atom. The van der Waals surface area contributed by atoms with Gasteiger partial charge in [0.1, 0.15) is 5.82 Å². The number of carbonyl (C=O) groups excluding carboxylic acids is 1. The molecule has 5 heteroatoms. The van der Waals surface area contributed by atoms with Gasteiger partial charge >= 0.3 is 0 Å². The normalized spacial score (nSPS) is 10.2. The predicted molar refractivity (Wildman–Crippen MR) is 89.8 cm³/mol. The van der Waals surface area contributed by atoms with E-state index >= 15 is 0 Å². The number of nitrogens with zero attached hydrogens (tertiary/aromatic N) is 1. The van der Waals surface area contributed by atoms with Gasteiger partial charge in [0.2, 0.25) is 0 Å². The number of halogens is 1. The van der Waals surface area contributed by atoms with Gasteiger partial charge in [0.05, 0.1) is 5.56 Å². The summed E-state index contributed by atoms with van der Waals surface area (Å²) in [5.74, 6) is 0.427. The Hall–Kier alpha value is -1.88. The SMILES string of the molecule is CCCNc1ncc(Br)cc1C(=O)Nc1ccc(C)cc1. The van der Waals surface area contributed by atoms with Crippen LogP contribution in [0.15, 0.2) is 41.0 Å². The van der Waals surface area contributed by atoms with Gasteiger partial charge in [0.25, 0.3) is 5.91 Å². The maximum atomic E-state index is 12.4. The molecule has 2 rings (SSSR count). The van der Waals surface area contributed by atoms with Gasteiger partial charge in [-0.25, -0.2) is 4.98 Å². The second-order valence-electron chi connectivity index (χ2n) is 4.80. The maximum Gasteiger partial charge on any atom is 0.259 e. The number of aromatic nitrogens is 1. The average Bonchev–Trinajstić information content (AvgIpc) is 2.48. The molecule has 21 heavy (non-hydrogen) atoms. The molecule has 0 unspecified atom stereocenters. The highest BCUT2D eigenvalue weighted by molar-refractivity contribution is 9.10. The minimum Gasteiger partial charge on any atom is -0.369 e. The number of aryl methyl sites for hydroxylation is 1. The summed E-state index contributed by atoms with van der Waals surface area (Å²) >= 11 is 3.36. The van der Waals surface area contributed by atoms with Crippen LogP contribution in [0, 0.1) is 6.92 Å². The van der Waals surface area contributed by atoms with Crippen molar-refractivity contribution in [2.24, 2.45) is 0 Å². The fourth-order valence-electron chi connectivity index (χ4n) is 1.83. The molecule has 0 bridgehead atoms. The topological polar surface area (TPSA) is 54.0 Å². The zero-order chi connectivity index (χ0) is 15.2. The Bertz CT molecular complexity index is 626. The van der Waals surface area contributed by atoms with E-state index < -0.39 is 0 Å². The molecule has 4 nitrogen and oxygen atoms in total. The van der Waals surface area contributed by atoms with Gasteiger partial charge in [-0.15, -0.1) is 0 Å². The third-order valence-corrected chi connectivity index (χ3v) is 3.38. The van der Waals surface area contributed by atoms with Crippen LogP contribution in [-0.4, -0.2) is 17.4 Å². The number of benzene rings is 1. The van der Waals surface area contributed by atoms with Crippen LogP contribution in [0.2, 0.25) is 0 Å². The predicted octanol–water partition coefficient (Wildman–Crippen LogP) is 4.23. The molecule has 1 aromatic heterocycles. The van der Waals surface area contributed by atoms with E-state index in [-0.39, 0.29) is 5.91 Å². The van der Waals surface area contributed by atoms with Crippen LogP contribution >= 0.6 is 15.9 Å². The molecule has 2 aromatic rings. The lowest BCUT2D eigenvalue weighted by atomic mass is 10.2. The van der Waals surface area contributed by atoms with Gasteiger partial charge in [-0.3, -0.25) is 4.79 Å². The Morgan fingerprint density at radius 2 is 2.00 bits per heavy atom. The summed E-state index contributed by atoms with van der Waals surface area (Å²) in [7, 11) is 0. The van der Waals surface area contributed by atoms with Gasteiger partial charge in [-0.05, 0) is 47.5 Å². The van der Waals surface area contributed by atoms with E-state index in [2.05, 4.69) is 38.5 Å². The highest BCUT2D eigenvalue weighted by Gasteiger charge is 2.13. The molecule has 110 valence electrons. The first-order valence-corrected chi connectivity index (χ1v) is 7.67. The zero-order valence-electron chi connectivity index (χ0n) is 12.1. The van der Waals surface area contributed by atoms with E-state index in [1.807, 2.05) is 31.2 Å². The molecule has 2 N–H and O–H groups in total. The lowest BCUT2D eigenvalue weighted by molar-refractivity contribution is 0.102. The molecule has 0 fully saturated rings. The van der Waals surface area contributed by atoms with E-state index in [1.165, 1.54) is 0 Å². The third kappa shape index (κ3) is 4.29. The smallest absolute Gasteiger partial charge is 0.259 e. The molecule has 0 radical (unpaired) electrons. The van der Waals surface area contributed by atoms with Crippen molar-refractivity contribution < 1.29 is 4.79 Å². The number of nitrogens with one attached hydrogen (secondary N) is 2. The molecular formula is C16H18BrN3O. The molecule has 1 heterocycles. The van der Waals surface area contributed by atoms with Crippen molar-refractivity contribution in [1.82, 2.24) is 4.98 Å². The minimum atomic E-state index is -0.175. The van der Waals surface area contributed by atoms with Crippen LogP contribution < -0.4 is 10.6 Å². The van der Waals surface area contributed by atoms with Crippen molar-refractivity contribution in [1.29, 1.82) is 0 Å². The Labute approximate surface area is 133 Å². The molecule has 0 aliphatic carbocycles. The average molecular weight is 348 g/mol. The van der Waals surface area contributed by atoms with Gasteiger partial charge in [-0.2, -0.15) is 0 Å². The molecule has 0 spiro atoms. The van der Waals surface area contributed by atoms with Crippen LogP contribution in [0.5, 0.6) is 0 Å². The second kappa shape index (κ2) is 7.22. The van der Waals surface area contributed by atoms with Crippen molar-refractivity contribution in [2.75, 3.05) is 17.2 Å². The van der Waals surface area contributed by atoms with Crippen LogP contribution in [-0.2, 0) is 0 Å². The summed E-state index contributed by atoms with van der Waals surface area (Å²) in [5, 5.41) is 6.06. The van der Waals surface area contributed by atoms with Gasteiger partial charge < -0.3 is 10.6 Å². The Kier molecular flexibility index (Phi) is 5.33. The number of rotatable bonds is 5. The fraction of sp³-hybridized carbons (Fsp3) is 0.250. The first-order chi connectivity index (χ1) is 10.1. The monoisotopic (exact) mass is 347 g/mol. The van der Waals surface area contributed by atoms with Gasteiger partial charge in [-0.1, -0.05) is 24.6 Å². The van der Waals surface area contributed by atoms with Crippen LogP contribution in [0.3, 0.4) is 0 Å². The van der Waals surface area contributed by atoms with E-state index in [4.69, 9.17) is 0 Å². The maximum absolute atomic E-state index is 12.4. The van der Waals surface area contributed by atoms with Crippen LogP contribution in [0.4, 0.5) is 11.5 Å². The number of hydrogen-bond acceptors (Lipinski definition) is 3.